The summed E-state index contributed by atoms with van der Waals surface area (Å²) >= 11 is 5.81. The third-order valence-electron chi connectivity index (χ3n) is 4.99. The molecule has 0 aliphatic rings. The Morgan fingerprint density at radius 3 is 2.55 bits per heavy atom. The van der Waals surface area contributed by atoms with Gasteiger partial charge in [-0.15, -0.1) is 0 Å². The van der Waals surface area contributed by atoms with E-state index in [2.05, 4.69) is 24.5 Å². The number of hydrogen-bond donors (Lipinski definition) is 1. The van der Waals surface area contributed by atoms with Crippen LogP contribution in [0.5, 0.6) is 0 Å². The van der Waals surface area contributed by atoms with E-state index in [-0.39, 0.29) is 17.2 Å². The number of rotatable bonds is 6. The van der Waals surface area contributed by atoms with Crippen LogP contribution in [0.1, 0.15) is 19.4 Å². The zero-order valence-electron chi connectivity index (χ0n) is 17.5. The van der Waals surface area contributed by atoms with Gasteiger partial charge in [0.2, 0.25) is 0 Å². The SMILES string of the molecule is CN=C(N)C(C)(C)S(=O)(Cc1cc(-c2cc(-c3ncc(Cl)cn3)no2)ccc1F)=NC. The normalized spacial score (nSPS) is 14.3. The Kier molecular flexibility index (Phi) is 6.42. The molecule has 0 aliphatic heterocycles. The Labute approximate surface area is 184 Å². The van der Waals surface area contributed by atoms with Crippen molar-refractivity contribution in [1.29, 1.82) is 0 Å². The summed E-state index contributed by atoms with van der Waals surface area (Å²) in [6.07, 6.45) is 2.90. The zero-order chi connectivity index (χ0) is 22.8. The van der Waals surface area contributed by atoms with E-state index in [0.717, 1.165) is 0 Å². The van der Waals surface area contributed by atoms with Crippen LogP contribution in [0.15, 0.2) is 50.5 Å². The summed E-state index contributed by atoms with van der Waals surface area (Å²) in [5.41, 5.74) is 7.13. The highest BCUT2D eigenvalue weighted by Gasteiger charge is 2.36. The lowest BCUT2D eigenvalue weighted by Crippen LogP contribution is -2.45. The maximum Gasteiger partial charge on any atom is 0.181 e. The Bertz CT molecular complexity index is 1250. The minimum absolute atomic E-state index is 0.145. The van der Waals surface area contributed by atoms with Crippen LogP contribution in [0.2, 0.25) is 5.02 Å². The van der Waals surface area contributed by atoms with Crippen molar-refractivity contribution in [2.24, 2.45) is 15.1 Å². The zero-order valence-corrected chi connectivity index (χ0v) is 19.0. The van der Waals surface area contributed by atoms with Crippen molar-refractivity contribution >= 4 is 27.2 Å². The first-order valence-electron chi connectivity index (χ1n) is 9.20. The molecule has 2 N–H and O–H groups in total. The molecule has 1 unspecified atom stereocenters. The molecule has 1 atom stereocenters. The van der Waals surface area contributed by atoms with Crippen LogP contribution in [-0.4, -0.2) is 44.0 Å². The monoisotopic (exact) mass is 464 g/mol. The maximum absolute atomic E-state index is 14.6. The van der Waals surface area contributed by atoms with Crippen molar-refractivity contribution in [2.75, 3.05) is 14.1 Å². The number of aliphatic imine (C=N–C) groups is 1. The van der Waals surface area contributed by atoms with Gasteiger partial charge in [0.25, 0.3) is 0 Å². The Balaban J connectivity index is 1.98. The fraction of sp³-hybridized carbons (Fsp3) is 0.300. The van der Waals surface area contributed by atoms with Crippen molar-refractivity contribution in [3.05, 3.63) is 53.1 Å². The van der Waals surface area contributed by atoms with E-state index in [1.54, 1.807) is 32.0 Å². The molecule has 164 valence electrons. The molecule has 0 saturated carbocycles. The minimum atomic E-state index is -2.98. The number of nitrogens with zero attached hydrogens (tertiary/aromatic N) is 5. The predicted octanol–water partition coefficient (Wildman–Crippen LogP) is 3.95. The molecule has 8 nitrogen and oxygen atoms in total. The fourth-order valence-corrected chi connectivity index (χ4v) is 5.02. The molecule has 2 aromatic heterocycles. The molecule has 0 bridgehead atoms. The average Bonchev–Trinajstić information content (AvgIpc) is 3.25. The number of halogens is 2. The van der Waals surface area contributed by atoms with Crippen LogP contribution >= 0.6 is 11.6 Å². The lowest BCUT2D eigenvalue weighted by Gasteiger charge is -2.28. The van der Waals surface area contributed by atoms with Crippen LogP contribution in [0.3, 0.4) is 0 Å². The van der Waals surface area contributed by atoms with Gasteiger partial charge in [0.1, 0.15) is 16.4 Å². The molecule has 11 heteroatoms. The third-order valence-corrected chi connectivity index (χ3v) is 8.28. The van der Waals surface area contributed by atoms with Crippen LogP contribution in [0.4, 0.5) is 4.39 Å². The van der Waals surface area contributed by atoms with E-state index < -0.39 is 20.3 Å². The molecule has 0 spiro atoms. The van der Waals surface area contributed by atoms with Gasteiger partial charge in [-0.2, -0.15) is 0 Å². The number of amidine groups is 1. The van der Waals surface area contributed by atoms with Crippen molar-refractivity contribution in [1.82, 2.24) is 15.1 Å². The van der Waals surface area contributed by atoms with Crippen molar-refractivity contribution < 1.29 is 13.1 Å². The molecular formula is C20H22ClFN6O2S. The molecule has 0 aliphatic carbocycles. The number of nitrogens with two attached hydrogens (primary N) is 1. The highest BCUT2D eigenvalue weighted by molar-refractivity contribution is 7.95. The van der Waals surface area contributed by atoms with Crippen LogP contribution in [-0.2, 0) is 15.5 Å². The maximum atomic E-state index is 14.6. The topological polar surface area (TPSA) is 120 Å². The van der Waals surface area contributed by atoms with Gasteiger partial charge in [0, 0.05) is 43.7 Å². The average molecular weight is 465 g/mol. The van der Waals surface area contributed by atoms with Gasteiger partial charge < -0.3 is 10.3 Å². The lowest BCUT2D eigenvalue weighted by molar-refractivity contribution is 0.434. The molecule has 2 heterocycles. The Morgan fingerprint density at radius 2 is 1.94 bits per heavy atom. The first kappa shape index (κ1) is 22.8. The van der Waals surface area contributed by atoms with Crippen LogP contribution in [0.25, 0.3) is 22.8 Å². The molecule has 1 aromatic carbocycles. The number of hydrogen-bond acceptors (Lipinski definition) is 7. The lowest BCUT2D eigenvalue weighted by atomic mass is 10.1. The molecular weight excluding hydrogens is 443 g/mol. The highest BCUT2D eigenvalue weighted by Crippen LogP contribution is 2.30. The predicted molar refractivity (Wildman–Crippen MR) is 120 cm³/mol. The summed E-state index contributed by atoms with van der Waals surface area (Å²) in [4.78, 5) is 12.2. The van der Waals surface area contributed by atoms with Gasteiger partial charge in [0.15, 0.2) is 17.3 Å². The molecule has 31 heavy (non-hydrogen) atoms. The van der Waals surface area contributed by atoms with Crippen molar-refractivity contribution in [3.8, 4) is 22.8 Å². The smallest absolute Gasteiger partial charge is 0.181 e. The van der Waals surface area contributed by atoms with E-state index in [0.29, 0.717) is 27.9 Å². The summed E-state index contributed by atoms with van der Waals surface area (Å²) in [6, 6.07) is 6.02. The summed E-state index contributed by atoms with van der Waals surface area (Å²) in [7, 11) is -0.0347. The van der Waals surface area contributed by atoms with E-state index in [9.17, 15) is 8.60 Å². The van der Waals surface area contributed by atoms with Gasteiger partial charge in [-0.3, -0.25) is 4.99 Å². The summed E-state index contributed by atoms with van der Waals surface area (Å²) < 4.78 is 36.7. The van der Waals surface area contributed by atoms with Gasteiger partial charge in [-0.1, -0.05) is 16.8 Å². The standard InChI is InChI=1S/C20H22ClFN6O2S/c1-20(2,19(23)24-3)31(29,25-4)11-13-7-12(5-6-15(13)22)17-8-16(28-30-17)18-26-9-14(21)10-27-18/h5-10H,11H2,1-4H3,(H2,23,24). The summed E-state index contributed by atoms with van der Waals surface area (Å²) in [5, 5.41) is 4.36. The molecule has 3 rings (SSSR count). The molecule has 0 radical (unpaired) electrons. The largest absolute Gasteiger partial charge is 0.386 e. The Morgan fingerprint density at radius 1 is 1.26 bits per heavy atom. The fourth-order valence-electron chi connectivity index (χ4n) is 2.92. The quantitative estimate of drug-likeness (QED) is 0.435. The van der Waals surface area contributed by atoms with Gasteiger partial charge in [-0.25, -0.2) is 22.9 Å². The first-order chi connectivity index (χ1) is 14.6. The van der Waals surface area contributed by atoms with E-state index in [1.807, 2.05) is 0 Å². The van der Waals surface area contributed by atoms with Gasteiger partial charge >= 0.3 is 0 Å². The second-order valence-electron chi connectivity index (χ2n) is 7.19. The summed E-state index contributed by atoms with van der Waals surface area (Å²) in [6.45, 7) is 3.36. The second kappa shape index (κ2) is 8.72. The van der Waals surface area contributed by atoms with Crippen molar-refractivity contribution in [2.45, 2.75) is 24.3 Å². The number of benzene rings is 1. The molecule has 0 amide bonds. The highest BCUT2D eigenvalue weighted by atomic mass is 35.5. The van der Waals surface area contributed by atoms with E-state index >= 15 is 0 Å². The summed E-state index contributed by atoms with van der Waals surface area (Å²) in [5.74, 6) is 0.244. The van der Waals surface area contributed by atoms with E-state index in [4.69, 9.17) is 21.9 Å². The molecule has 3 aromatic rings. The molecule has 0 saturated heterocycles. The van der Waals surface area contributed by atoms with E-state index in [1.165, 1.54) is 32.6 Å². The third kappa shape index (κ3) is 4.45. The second-order valence-corrected chi connectivity index (χ2v) is 10.6. The Hall–Kier alpha value is -2.85. The van der Waals surface area contributed by atoms with Crippen LogP contribution < -0.4 is 5.73 Å². The van der Waals surface area contributed by atoms with Gasteiger partial charge in [-0.05, 0) is 32.0 Å². The first-order valence-corrected chi connectivity index (χ1v) is 11.3. The minimum Gasteiger partial charge on any atom is -0.386 e. The molecule has 0 fully saturated rings. The number of aromatic nitrogens is 3. The van der Waals surface area contributed by atoms with Crippen molar-refractivity contribution in [3.63, 3.8) is 0 Å². The van der Waals surface area contributed by atoms with Gasteiger partial charge in [0.05, 0.1) is 20.5 Å². The van der Waals surface area contributed by atoms with Crippen LogP contribution in [0, 0.1) is 5.82 Å².